The van der Waals surface area contributed by atoms with Gasteiger partial charge in [0.2, 0.25) is 11.8 Å². The van der Waals surface area contributed by atoms with Crippen molar-refractivity contribution in [3.63, 3.8) is 0 Å². The predicted octanol–water partition coefficient (Wildman–Crippen LogP) is 2.07. The van der Waals surface area contributed by atoms with E-state index in [1.165, 1.54) is 0 Å². The zero-order valence-corrected chi connectivity index (χ0v) is 10.0. The summed E-state index contributed by atoms with van der Waals surface area (Å²) in [4.78, 5) is 8.23. The average molecular weight is 270 g/mol. The summed E-state index contributed by atoms with van der Waals surface area (Å²) in [5.74, 6) is 3.64. The van der Waals surface area contributed by atoms with Crippen molar-refractivity contribution in [3.05, 3.63) is 10.7 Å². The minimum atomic E-state index is 0.518. The van der Waals surface area contributed by atoms with Crippen molar-refractivity contribution in [1.29, 1.82) is 0 Å². The molecule has 0 unspecified atom stereocenters. The monoisotopic (exact) mass is 269 g/mol. The number of nitrogens with zero attached hydrogens (tertiary/aromatic N) is 2. The third-order valence-electron chi connectivity index (χ3n) is 1.69. The molecule has 0 atom stereocenters. The van der Waals surface area contributed by atoms with Crippen LogP contribution in [0.5, 0.6) is 5.88 Å². The lowest BCUT2D eigenvalue weighted by Gasteiger charge is -2.06. The maximum absolute atomic E-state index is 5.14. The fourth-order valence-electron chi connectivity index (χ4n) is 0.970. The zero-order valence-electron chi connectivity index (χ0n) is 8.46. The van der Waals surface area contributed by atoms with Crippen molar-refractivity contribution in [2.45, 2.75) is 12.8 Å². The Morgan fingerprint density at radius 3 is 3.13 bits per heavy atom. The SMILES string of the molecule is C#CCCCNc1ncc(Br)c(OC)n1. The molecular formula is C10H12BrN3O. The Morgan fingerprint density at radius 1 is 1.67 bits per heavy atom. The van der Waals surface area contributed by atoms with Crippen LogP contribution in [0.15, 0.2) is 10.7 Å². The van der Waals surface area contributed by atoms with Crippen molar-refractivity contribution in [3.8, 4) is 18.2 Å². The van der Waals surface area contributed by atoms with Gasteiger partial charge in [-0.3, -0.25) is 0 Å². The van der Waals surface area contributed by atoms with Gasteiger partial charge in [-0.1, -0.05) is 0 Å². The molecule has 1 aromatic rings. The van der Waals surface area contributed by atoms with Crippen LogP contribution in [0, 0.1) is 12.3 Å². The molecule has 0 fully saturated rings. The highest BCUT2D eigenvalue weighted by Crippen LogP contribution is 2.21. The molecule has 1 rings (SSSR count). The molecule has 1 N–H and O–H groups in total. The second kappa shape index (κ2) is 6.25. The number of anilines is 1. The first-order valence-electron chi connectivity index (χ1n) is 4.51. The van der Waals surface area contributed by atoms with E-state index in [4.69, 9.17) is 11.2 Å². The second-order valence-electron chi connectivity index (χ2n) is 2.79. The summed E-state index contributed by atoms with van der Waals surface area (Å²) < 4.78 is 5.78. The van der Waals surface area contributed by atoms with Crippen LogP contribution in [-0.4, -0.2) is 23.6 Å². The first-order chi connectivity index (χ1) is 7.27. The molecule has 0 aliphatic heterocycles. The fraction of sp³-hybridized carbons (Fsp3) is 0.400. The van der Waals surface area contributed by atoms with Gasteiger partial charge in [-0.05, 0) is 22.4 Å². The average Bonchev–Trinajstić information content (AvgIpc) is 2.26. The van der Waals surface area contributed by atoms with E-state index in [-0.39, 0.29) is 0 Å². The van der Waals surface area contributed by atoms with Gasteiger partial charge in [0.05, 0.1) is 17.8 Å². The molecule has 0 aliphatic rings. The number of halogens is 1. The van der Waals surface area contributed by atoms with E-state index >= 15 is 0 Å². The van der Waals surface area contributed by atoms with Crippen molar-refractivity contribution < 1.29 is 4.74 Å². The molecule has 15 heavy (non-hydrogen) atoms. The number of hydrogen-bond donors (Lipinski definition) is 1. The molecular weight excluding hydrogens is 258 g/mol. The Kier molecular flexibility index (Phi) is 4.91. The molecule has 0 aromatic carbocycles. The van der Waals surface area contributed by atoms with E-state index in [0.29, 0.717) is 11.8 Å². The number of aromatic nitrogens is 2. The van der Waals surface area contributed by atoms with Crippen LogP contribution in [0.4, 0.5) is 5.95 Å². The smallest absolute Gasteiger partial charge is 0.232 e. The Morgan fingerprint density at radius 2 is 2.47 bits per heavy atom. The van der Waals surface area contributed by atoms with Crippen LogP contribution < -0.4 is 10.1 Å². The summed E-state index contributed by atoms with van der Waals surface area (Å²) in [6.45, 7) is 0.759. The summed E-state index contributed by atoms with van der Waals surface area (Å²) in [7, 11) is 1.56. The van der Waals surface area contributed by atoms with Gasteiger partial charge >= 0.3 is 0 Å². The Hall–Kier alpha value is -1.28. The number of methoxy groups -OCH3 is 1. The van der Waals surface area contributed by atoms with E-state index in [2.05, 4.69) is 37.1 Å². The summed E-state index contributed by atoms with van der Waals surface area (Å²) in [5, 5.41) is 3.06. The zero-order chi connectivity index (χ0) is 11.1. The van der Waals surface area contributed by atoms with Crippen molar-refractivity contribution >= 4 is 21.9 Å². The van der Waals surface area contributed by atoms with E-state index in [1.807, 2.05) is 0 Å². The molecule has 0 spiro atoms. The largest absolute Gasteiger partial charge is 0.480 e. The van der Waals surface area contributed by atoms with Gasteiger partial charge in [0, 0.05) is 13.0 Å². The van der Waals surface area contributed by atoms with E-state index < -0.39 is 0 Å². The third kappa shape index (κ3) is 3.76. The summed E-state index contributed by atoms with van der Waals surface area (Å²) >= 11 is 3.28. The van der Waals surface area contributed by atoms with Crippen LogP contribution in [0.2, 0.25) is 0 Å². The summed E-state index contributed by atoms with van der Waals surface area (Å²) in [6, 6.07) is 0. The Bertz CT molecular complexity index is 362. The fourth-order valence-corrected chi connectivity index (χ4v) is 1.32. The van der Waals surface area contributed by atoms with Gasteiger partial charge in [-0.25, -0.2) is 4.98 Å². The quantitative estimate of drug-likeness (QED) is 0.657. The lowest BCUT2D eigenvalue weighted by atomic mass is 10.3. The van der Waals surface area contributed by atoms with Crippen molar-refractivity contribution in [1.82, 2.24) is 9.97 Å². The van der Waals surface area contributed by atoms with Gasteiger partial charge in [0.25, 0.3) is 0 Å². The maximum atomic E-state index is 5.14. The number of unbranched alkanes of at least 4 members (excludes halogenated alkanes) is 1. The number of nitrogens with one attached hydrogen (secondary N) is 1. The van der Waals surface area contributed by atoms with Crippen molar-refractivity contribution in [2.75, 3.05) is 19.0 Å². The van der Waals surface area contributed by atoms with E-state index in [9.17, 15) is 0 Å². The first-order valence-corrected chi connectivity index (χ1v) is 5.31. The lowest BCUT2D eigenvalue weighted by Crippen LogP contribution is -2.05. The molecule has 0 saturated carbocycles. The van der Waals surface area contributed by atoms with Crippen LogP contribution >= 0.6 is 15.9 Å². The van der Waals surface area contributed by atoms with E-state index in [1.54, 1.807) is 13.3 Å². The standard InChI is InChI=1S/C10H12BrN3O/c1-3-4-5-6-12-10-13-7-8(11)9(14-10)15-2/h1,7H,4-6H2,2H3,(H,12,13,14). The van der Waals surface area contributed by atoms with E-state index in [0.717, 1.165) is 23.9 Å². The van der Waals surface area contributed by atoms with Gasteiger partial charge in [0.1, 0.15) is 0 Å². The third-order valence-corrected chi connectivity index (χ3v) is 2.23. The van der Waals surface area contributed by atoms with Crippen LogP contribution in [0.1, 0.15) is 12.8 Å². The van der Waals surface area contributed by atoms with Crippen LogP contribution in [-0.2, 0) is 0 Å². The molecule has 1 heterocycles. The molecule has 1 aromatic heterocycles. The highest BCUT2D eigenvalue weighted by Gasteiger charge is 2.03. The number of terminal acetylenes is 1. The van der Waals surface area contributed by atoms with Gasteiger partial charge in [-0.2, -0.15) is 4.98 Å². The molecule has 5 heteroatoms. The maximum Gasteiger partial charge on any atom is 0.232 e. The molecule has 4 nitrogen and oxygen atoms in total. The molecule has 80 valence electrons. The van der Waals surface area contributed by atoms with Gasteiger partial charge in [0.15, 0.2) is 0 Å². The van der Waals surface area contributed by atoms with Crippen LogP contribution in [0.3, 0.4) is 0 Å². The number of rotatable bonds is 5. The highest BCUT2D eigenvalue weighted by atomic mass is 79.9. The molecule has 0 bridgehead atoms. The molecule has 0 radical (unpaired) electrons. The topological polar surface area (TPSA) is 47.0 Å². The first kappa shape index (κ1) is 11.8. The van der Waals surface area contributed by atoms with Crippen LogP contribution in [0.25, 0.3) is 0 Å². The van der Waals surface area contributed by atoms with Gasteiger partial charge in [-0.15, -0.1) is 12.3 Å². The van der Waals surface area contributed by atoms with Gasteiger partial charge < -0.3 is 10.1 Å². The Balaban J connectivity index is 2.52. The normalized spacial score (nSPS) is 9.40. The second-order valence-corrected chi connectivity index (χ2v) is 3.64. The Labute approximate surface area is 97.6 Å². The number of hydrogen-bond acceptors (Lipinski definition) is 4. The minimum Gasteiger partial charge on any atom is -0.480 e. The summed E-state index contributed by atoms with van der Waals surface area (Å²) in [6.07, 6.45) is 8.44. The molecule has 0 saturated heterocycles. The highest BCUT2D eigenvalue weighted by molar-refractivity contribution is 9.10. The lowest BCUT2D eigenvalue weighted by molar-refractivity contribution is 0.394. The molecule has 0 amide bonds. The number of ether oxygens (including phenoxy) is 1. The molecule has 0 aliphatic carbocycles. The minimum absolute atomic E-state index is 0.518. The predicted molar refractivity (Wildman–Crippen MR) is 62.8 cm³/mol. The van der Waals surface area contributed by atoms with Crippen molar-refractivity contribution in [2.24, 2.45) is 0 Å². The summed E-state index contributed by atoms with van der Waals surface area (Å²) in [5.41, 5.74) is 0.